The molecule has 0 saturated carbocycles. The van der Waals surface area contributed by atoms with Crippen LogP contribution in [0, 0.1) is 6.92 Å². The molecule has 1 unspecified atom stereocenters. The van der Waals surface area contributed by atoms with Crippen LogP contribution in [0.25, 0.3) is 0 Å². The van der Waals surface area contributed by atoms with Crippen LogP contribution in [0.1, 0.15) is 37.9 Å². The quantitative estimate of drug-likeness (QED) is 0.912. The van der Waals surface area contributed by atoms with Gasteiger partial charge in [0.15, 0.2) is 0 Å². The second kappa shape index (κ2) is 5.97. The lowest BCUT2D eigenvalue weighted by Crippen LogP contribution is -2.51. The van der Waals surface area contributed by atoms with E-state index in [1.165, 1.54) is 37.3 Å². The molecule has 0 amide bonds. The molecule has 118 valence electrons. The summed E-state index contributed by atoms with van der Waals surface area (Å²) in [6, 6.07) is 1.25. The van der Waals surface area contributed by atoms with Gasteiger partial charge < -0.3 is 10.2 Å². The molecule has 0 aromatic carbocycles. The molecule has 3 heterocycles. The number of aryl methyl sites for hydroxylation is 2. The van der Waals surface area contributed by atoms with Gasteiger partial charge in [0.2, 0.25) is 0 Å². The van der Waals surface area contributed by atoms with Crippen LogP contribution in [0.5, 0.6) is 0 Å². The van der Waals surface area contributed by atoms with Crippen LogP contribution in [-0.2, 0) is 13.6 Å². The number of hydrogen-bond donors (Lipinski definition) is 1. The van der Waals surface area contributed by atoms with Gasteiger partial charge in [-0.05, 0) is 26.3 Å². The van der Waals surface area contributed by atoms with Gasteiger partial charge in [-0.3, -0.25) is 9.58 Å². The van der Waals surface area contributed by atoms with Crippen LogP contribution in [0.2, 0.25) is 0 Å². The third-order valence-electron chi connectivity index (χ3n) is 4.89. The van der Waals surface area contributed by atoms with Gasteiger partial charge in [0.25, 0.3) is 0 Å². The molecule has 0 aliphatic carbocycles. The van der Waals surface area contributed by atoms with Gasteiger partial charge in [-0.25, -0.2) is 0 Å². The van der Waals surface area contributed by atoms with Gasteiger partial charge in [-0.1, -0.05) is 13.8 Å². The Kier molecular flexibility index (Phi) is 4.22. The zero-order valence-electron chi connectivity index (χ0n) is 13.9. The highest BCUT2D eigenvalue weighted by Gasteiger charge is 2.32. The van der Waals surface area contributed by atoms with Crippen LogP contribution >= 0.6 is 0 Å². The molecule has 5 heteroatoms. The minimum absolute atomic E-state index is 0.504. The second-order valence-corrected chi connectivity index (χ2v) is 6.82. The molecule has 2 saturated heterocycles. The van der Waals surface area contributed by atoms with E-state index < -0.39 is 0 Å². The normalized spacial score (nSPS) is 23.1. The lowest BCUT2D eigenvalue weighted by Gasteiger charge is -2.39. The number of fused-ring (bicyclic) bond motifs is 1. The second-order valence-electron chi connectivity index (χ2n) is 6.82. The number of piperazine rings is 1. The Labute approximate surface area is 128 Å². The predicted molar refractivity (Wildman–Crippen MR) is 86.7 cm³/mol. The Balaban J connectivity index is 1.80. The van der Waals surface area contributed by atoms with E-state index >= 15 is 0 Å². The van der Waals surface area contributed by atoms with Crippen molar-refractivity contribution in [2.24, 2.45) is 7.05 Å². The summed E-state index contributed by atoms with van der Waals surface area (Å²) in [5.41, 5.74) is 2.53. The first-order valence-electron chi connectivity index (χ1n) is 8.31. The highest BCUT2D eigenvalue weighted by molar-refractivity contribution is 5.51. The van der Waals surface area contributed by atoms with Crippen molar-refractivity contribution in [3.8, 4) is 0 Å². The Morgan fingerprint density at radius 1 is 1.29 bits per heavy atom. The van der Waals surface area contributed by atoms with Crippen molar-refractivity contribution in [3.63, 3.8) is 0 Å². The molecule has 2 aliphatic heterocycles. The average molecular weight is 291 g/mol. The summed E-state index contributed by atoms with van der Waals surface area (Å²) in [6.07, 6.45) is 2.72. The SMILES string of the molecule is Cc1nn(C)c(N2CCN3CCCC3C2)c1CNC(C)C. The fraction of sp³-hybridized carbons (Fsp3) is 0.812. The maximum absolute atomic E-state index is 4.67. The van der Waals surface area contributed by atoms with E-state index in [0.717, 1.165) is 31.4 Å². The molecular weight excluding hydrogens is 262 g/mol. The number of aromatic nitrogens is 2. The summed E-state index contributed by atoms with van der Waals surface area (Å²) in [5, 5.41) is 8.22. The number of anilines is 1. The van der Waals surface area contributed by atoms with Crippen LogP contribution in [0.4, 0.5) is 5.82 Å². The molecular formula is C16H29N5. The van der Waals surface area contributed by atoms with Crippen molar-refractivity contribution in [2.75, 3.05) is 31.1 Å². The van der Waals surface area contributed by atoms with Gasteiger partial charge in [0, 0.05) is 50.9 Å². The van der Waals surface area contributed by atoms with E-state index in [9.17, 15) is 0 Å². The molecule has 0 spiro atoms. The summed E-state index contributed by atoms with van der Waals surface area (Å²) in [4.78, 5) is 5.22. The van der Waals surface area contributed by atoms with Crippen LogP contribution in [0.3, 0.4) is 0 Å². The van der Waals surface area contributed by atoms with Gasteiger partial charge in [-0.15, -0.1) is 0 Å². The first-order chi connectivity index (χ1) is 10.1. The zero-order chi connectivity index (χ0) is 15.0. The van der Waals surface area contributed by atoms with Crippen molar-refractivity contribution in [3.05, 3.63) is 11.3 Å². The van der Waals surface area contributed by atoms with E-state index in [2.05, 4.69) is 52.7 Å². The molecule has 1 N–H and O–H groups in total. The Morgan fingerprint density at radius 2 is 2.10 bits per heavy atom. The molecule has 1 aromatic heterocycles. The fourth-order valence-corrected chi connectivity index (χ4v) is 3.78. The zero-order valence-corrected chi connectivity index (χ0v) is 13.9. The van der Waals surface area contributed by atoms with Crippen molar-refractivity contribution >= 4 is 5.82 Å². The Hall–Kier alpha value is -1.07. The first kappa shape index (κ1) is 14.9. The Bertz CT molecular complexity index is 493. The van der Waals surface area contributed by atoms with Crippen molar-refractivity contribution in [1.29, 1.82) is 0 Å². The van der Waals surface area contributed by atoms with Gasteiger partial charge in [0.1, 0.15) is 5.82 Å². The molecule has 21 heavy (non-hydrogen) atoms. The highest BCUT2D eigenvalue weighted by atomic mass is 15.4. The first-order valence-corrected chi connectivity index (χ1v) is 8.31. The minimum Gasteiger partial charge on any atom is -0.354 e. The monoisotopic (exact) mass is 291 g/mol. The molecule has 0 radical (unpaired) electrons. The van der Waals surface area contributed by atoms with Gasteiger partial charge in [0.05, 0.1) is 5.69 Å². The highest BCUT2D eigenvalue weighted by Crippen LogP contribution is 2.29. The van der Waals surface area contributed by atoms with Gasteiger partial charge in [-0.2, -0.15) is 5.10 Å². The molecule has 2 aliphatic rings. The van der Waals surface area contributed by atoms with Crippen LogP contribution in [-0.4, -0.2) is 52.9 Å². The third kappa shape index (κ3) is 2.94. The molecule has 1 atom stereocenters. The summed E-state index contributed by atoms with van der Waals surface area (Å²) >= 11 is 0. The number of hydrogen-bond acceptors (Lipinski definition) is 4. The van der Waals surface area contributed by atoms with Crippen molar-refractivity contribution in [2.45, 2.75) is 52.2 Å². The maximum Gasteiger partial charge on any atom is 0.131 e. The number of rotatable bonds is 4. The van der Waals surface area contributed by atoms with Crippen molar-refractivity contribution < 1.29 is 0 Å². The van der Waals surface area contributed by atoms with Crippen LogP contribution < -0.4 is 10.2 Å². The maximum atomic E-state index is 4.67. The fourth-order valence-electron chi connectivity index (χ4n) is 3.78. The van der Waals surface area contributed by atoms with Gasteiger partial charge >= 0.3 is 0 Å². The average Bonchev–Trinajstić information content (AvgIpc) is 2.99. The molecule has 0 bridgehead atoms. The van der Waals surface area contributed by atoms with E-state index in [1.54, 1.807) is 0 Å². The smallest absolute Gasteiger partial charge is 0.131 e. The lowest BCUT2D eigenvalue weighted by atomic mass is 10.1. The van der Waals surface area contributed by atoms with E-state index in [4.69, 9.17) is 0 Å². The predicted octanol–water partition coefficient (Wildman–Crippen LogP) is 1.51. The summed E-state index contributed by atoms with van der Waals surface area (Å²) < 4.78 is 2.08. The number of nitrogens with one attached hydrogen (secondary N) is 1. The summed E-state index contributed by atoms with van der Waals surface area (Å²) in [7, 11) is 2.09. The molecule has 5 nitrogen and oxygen atoms in total. The Morgan fingerprint density at radius 3 is 2.86 bits per heavy atom. The number of nitrogens with zero attached hydrogens (tertiary/aromatic N) is 4. The minimum atomic E-state index is 0.504. The molecule has 3 rings (SSSR count). The standard InChI is InChI=1S/C16H29N5/c1-12(2)17-10-15-13(3)18-19(4)16(15)21-9-8-20-7-5-6-14(20)11-21/h12,14,17H,5-11H2,1-4H3. The third-order valence-corrected chi connectivity index (χ3v) is 4.89. The summed E-state index contributed by atoms with van der Waals surface area (Å²) in [6.45, 7) is 12.2. The summed E-state index contributed by atoms with van der Waals surface area (Å²) in [5.74, 6) is 1.33. The van der Waals surface area contributed by atoms with Crippen LogP contribution in [0.15, 0.2) is 0 Å². The van der Waals surface area contributed by atoms with E-state index in [1.807, 2.05) is 0 Å². The molecule has 1 aromatic rings. The largest absolute Gasteiger partial charge is 0.354 e. The molecule has 2 fully saturated rings. The van der Waals surface area contributed by atoms with E-state index in [0.29, 0.717) is 6.04 Å². The van der Waals surface area contributed by atoms with E-state index in [-0.39, 0.29) is 0 Å². The topological polar surface area (TPSA) is 36.3 Å². The van der Waals surface area contributed by atoms with Crippen molar-refractivity contribution in [1.82, 2.24) is 20.0 Å². The lowest BCUT2D eigenvalue weighted by molar-refractivity contribution is 0.229.